The SMILES string of the molecule is CCOP(=O)(CC[C@H]1O[C@H](OC(=N)C(Cl)(Cl)Cl)[C@@H](OC(C)=O)[C@@H](OC(C)=O)[C@@H]1OC(C)=O)OCC. The fraction of sp³-hybridized carbons (Fsp3) is 0.789. The van der Waals surface area contributed by atoms with Gasteiger partial charge in [0.1, 0.15) is 6.10 Å². The average molecular weight is 585 g/mol. The summed E-state index contributed by atoms with van der Waals surface area (Å²) in [7, 11) is -3.57. The highest BCUT2D eigenvalue weighted by molar-refractivity contribution is 7.53. The minimum atomic E-state index is -3.57. The average Bonchev–Trinajstić information content (AvgIpc) is 2.69. The number of hydrogen-bond acceptors (Lipinski definition) is 12. The lowest BCUT2D eigenvalue weighted by atomic mass is 9.96. The van der Waals surface area contributed by atoms with E-state index in [9.17, 15) is 18.9 Å². The zero-order valence-corrected chi connectivity index (χ0v) is 22.9. The lowest BCUT2D eigenvalue weighted by molar-refractivity contribution is -0.287. The molecule has 0 amide bonds. The Labute approximate surface area is 218 Å². The van der Waals surface area contributed by atoms with E-state index < -0.39 is 65.9 Å². The molecule has 1 fully saturated rings. The monoisotopic (exact) mass is 583 g/mol. The minimum Gasteiger partial charge on any atom is -0.456 e. The van der Waals surface area contributed by atoms with Crippen molar-refractivity contribution < 1.29 is 51.7 Å². The van der Waals surface area contributed by atoms with Crippen LogP contribution in [-0.4, -0.2) is 77.7 Å². The highest BCUT2D eigenvalue weighted by Crippen LogP contribution is 2.49. The number of hydrogen-bond donors (Lipinski definition) is 1. The van der Waals surface area contributed by atoms with Gasteiger partial charge in [0, 0.05) is 20.8 Å². The Bertz CT molecular complexity index is 812. The lowest BCUT2D eigenvalue weighted by Gasteiger charge is -2.44. The number of rotatable bonds is 11. The molecule has 202 valence electrons. The van der Waals surface area contributed by atoms with Crippen LogP contribution in [0.15, 0.2) is 0 Å². The summed E-state index contributed by atoms with van der Waals surface area (Å²) < 4.78 is 48.2. The molecule has 5 atom stereocenters. The van der Waals surface area contributed by atoms with Crippen molar-refractivity contribution in [3.63, 3.8) is 0 Å². The first-order valence-corrected chi connectivity index (χ1v) is 13.4. The molecule has 1 aliphatic heterocycles. The molecule has 0 saturated carbocycles. The summed E-state index contributed by atoms with van der Waals surface area (Å²) in [6.07, 6.45) is -7.41. The van der Waals surface area contributed by atoms with Crippen LogP contribution < -0.4 is 0 Å². The third kappa shape index (κ3) is 10.4. The molecule has 0 aromatic carbocycles. The molecule has 12 nitrogen and oxygen atoms in total. The van der Waals surface area contributed by atoms with Crippen LogP contribution in [0.4, 0.5) is 0 Å². The van der Waals surface area contributed by atoms with E-state index in [0.717, 1.165) is 20.8 Å². The van der Waals surface area contributed by atoms with Crippen molar-refractivity contribution in [1.29, 1.82) is 5.41 Å². The van der Waals surface area contributed by atoms with Gasteiger partial charge in [-0.15, -0.1) is 0 Å². The highest BCUT2D eigenvalue weighted by atomic mass is 35.6. The highest BCUT2D eigenvalue weighted by Gasteiger charge is 2.54. The molecule has 0 bridgehead atoms. The Hall–Kier alpha value is -1.14. The van der Waals surface area contributed by atoms with Crippen LogP contribution in [0.25, 0.3) is 0 Å². The summed E-state index contributed by atoms with van der Waals surface area (Å²) in [4.78, 5) is 35.5. The topological polar surface area (TPSA) is 157 Å². The first kappa shape index (κ1) is 31.9. The largest absolute Gasteiger partial charge is 0.456 e. The predicted octanol–water partition coefficient (Wildman–Crippen LogP) is 3.53. The van der Waals surface area contributed by atoms with Gasteiger partial charge in [-0.3, -0.25) is 24.4 Å². The van der Waals surface area contributed by atoms with Crippen LogP contribution in [0.5, 0.6) is 0 Å². The van der Waals surface area contributed by atoms with Gasteiger partial charge < -0.3 is 32.7 Å². The molecule has 35 heavy (non-hydrogen) atoms. The molecule has 1 rings (SSSR count). The van der Waals surface area contributed by atoms with E-state index in [1.807, 2.05) is 0 Å². The summed E-state index contributed by atoms with van der Waals surface area (Å²) in [5, 5.41) is 7.88. The zero-order chi connectivity index (χ0) is 27.0. The second-order valence-electron chi connectivity index (χ2n) is 7.17. The van der Waals surface area contributed by atoms with Crippen LogP contribution in [0.2, 0.25) is 0 Å². The number of halogens is 3. The van der Waals surface area contributed by atoms with Crippen molar-refractivity contribution in [3.8, 4) is 0 Å². The molecule has 1 heterocycles. The van der Waals surface area contributed by atoms with Gasteiger partial charge in [-0.1, -0.05) is 34.8 Å². The van der Waals surface area contributed by atoms with Crippen LogP contribution in [0.3, 0.4) is 0 Å². The Balaban J connectivity index is 3.44. The Morgan fingerprint density at radius 3 is 1.74 bits per heavy atom. The second kappa shape index (κ2) is 14.0. The molecular formula is C19H29Cl3NO11P. The van der Waals surface area contributed by atoms with Gasteiger partial charge >= 0.3 is 25.5 Å². The summed E-state index contributed by atoms with van der Waals surface area (Å²) in [6.45, 7) is 6.73. The molecule has 0 unspecified atom stereocenters. The first-order chi connectivity index (χ1) is 16.1. The van der Waals surface area contributed by atoms with Gasteiger partial charge in [0.15, 0.2) is 12.2 Å². The summed E-state index contributed by atoms with van der Waals surface area (Å²) in [5.74, 6) is -3.30. The van der Waals surface area contributed by atoms with Crippen molar-refractivity contribution in [2.75, 3.05) is 19.4 Å². The predicted molar refractivity (Wildman–Crippen MR) is 125 cm³/mol. The number of carbonyl (C=O) groups excluding carboxylic acids is 3. The Morgan fingerprint density at radius 1 is 0.857 bits per heavy atom. The number of carbonyl (C=O) groups is 3. The molecular weight excluding hydrogens is 556 g/mol. The van der Waals surface area contributed by atoms with E-state index in [2.05, 4.69) is 0 Å². The van der Waals surface area contributed by atoms with Crippen molar-refractivity contribution in [3.05, 3.63) is 0 Å². The maximum atomic E-state index is 13.0. The van der Waals surface area contributed by atoms with Crippen molar-refractivity contribution >= 4 is 66.2 Å². The van der Waals surface area contributed by atoms with Gasteiger partial charge in [-0.05, 0) is 20.3 Å². The van der Waals surface area contributed by atoms with E-state index in [1.165, 1.54) is 0 Å². The van der Waals surface area contributed by atoms with Gasteiger partial charge in [0.05, 0.1) is 19.4 Å². The fourth-order valence-corrected chi connectivity index (χ4v) is 5.03. The van der Waals surface area contributed by atoms with Gasteiger partial charge in [0.2, 0.25) is 18.3 Å². The molecule has 0 aromatic heterocycles. The molecule has 0 spiro atoms. The van der Waals surface area contributed by atoms with E-state index in [-0.39, 0.29) is 25.8 Å². The quantitative estimate of drug-likeness (QED) is 0.0946. The van der Waals surface area contributed by atoms with Crippen molar-refractivity contribution in [1.82, 2.24) is 0 Å². The van der Waals surface area contributed by atoms with E-state index >= 15 is 0 Å². The third-order valence-corrected chi connectivity index (χ3v) is 6.95. The fourth-order valence-electron chi connectivity index (χ4n) is 3.21. The van der Waals surface area contributed by atoms with E-state index in [4.69, 9.17) is 72.9 Å². The smallest absolute Gasteiger partial charge is 0.330 e. The van der Waals surface area contributed by atoms with Crippen LogP contribution in [-0.2, 0) is 51.7 Å². The lowest BCUT2D eigenvalue weighted by Crippen LogP contribution is -2.62. The number of ether oxygens (including phenoxy) is 5. The van der Waals surface area contributed by atoms with Crippen LogP contribution in [0.1, 0.15) is 41.0 Å². The summed E-state index contributed by atoms with van der Waals surface area (Å²) in [6, 6.07) is 0. The van der Waals surface area contributed by atoms with E-state index in [0.29, 0.717) is 0 Å². The molecule has 1 saturated heterocycles. The maximum absolute atomic E-state index is 13.0. The number of nitrogens with one attached hydrogen (secondary N) is 1. The second-order valence-corrected chi connectivity index (χ2v) is 11.6. The first-order valence-electron chi connectivity index (χ1n) is 10.5. The molecule has 1 N–H and O–H groups in total. The number of esters is 3. The Morgan fingerprint density at radius 2 is 1.31 bits per heavy atom. The van der Waals surface area contributed by atoms with E-state index in [1.54, 1.807) is 13.8 Å². The maximum Gasteiger partial charge on any atom is 0.330 e. The standard InChI is InChI=1S/C19H29Cl3NO11P/c1-6-28-35(27,29-7-2)9-8-13-14(30-10(3)24)15(31-11(4)25)16(32-12(5)26)17(33-13)34-18(23)19(20,21)22/h13-17,23H,6-9H2,1-5H3/t13-,14-,15+,16+,17-/m1/s1. The van der Waals surface area contributed by atoms with Gasteiger partial charge in [-0.25, -0.2) is 0 Å². The summed E-state index contributed by atoms with van der Waals surface area (Å²) in [5.41, 5.74) is 0. The zero-order valence-electron chi connectivity index (χ0n) is 19.8. The molecule has 16 heteroatoms. The normalized spacial score (nSPS) is 24.9. The van der Waals surface area contributed by atoms with Gasteiger partial charge in [-0.2, -0.15) is 0 Å². The summed E-state index contributed by atoms with van der Waals surface area (Å²) >= 11 is 17.1. The number of alkyl halides is 3. The van der Waals surface area contributed by atoms with Gasteiger partial charge in [0.25, 0.3) is 3.79 Å². The molecule has 1 aliphatic rings. The molecule has 0 aliphatic carbocycles. The van der Waals surface area contributed by atoms with Crippen molar-refractivity contribution in [2.45, 2.75) is 75.5 Å². The minimum absolute atomic E-state index is 0.104. The van der Waals surface area contributed by atoms with Crippen LogP contribution >= 0.6 is 42.4 Å². The molecule has 0 aromatic rings. The Kier molecular flexibility index (Phi) is 12.7. The molecule has 0 radical (unpaired) electrons. The van der Waals surface area contributed by atoms with Crippen molar-refractivity contribution in [2.24, 2.45) is 0 Å². The van der Waals surface area contributed by atoms with Crippen LogP contribution in [0, 0.1) is 5.41 Å². The third-order valence-electron chi connectivity index (χ3n) is 4.33.